The summed E-state index contributed by atoms with van der Waals surface area (Å²) in [5.41, 5.74) is -0.442. The van der Waals surface area contributed by atoms with E-state index in [1.165, 1.54) is 11.8 Å². The molecule has 0 bridgehead atoms. The first-order valence-corrected chi connectivity index (χ1v) is 6.04. The Morgan fingerprint density at radius 2 is 1.90 bits per heavy atom. The molecule has 1 atom stereocenters. The molecule has 0 saturated heterocycles. The molecule has 8 heteroatoms. The zero-order chi connectivity index (χ0) is 16.2. The highest BCUT2D eigenvalue weighted by atomic mass is 19.1. The third-order valence-corrected chi connectivity index (χ3v) is 2.62. The zero-order valence-electron chi connectivity index (χ0n) is 11.8. The second-order valence-corrected chi connectivity index (χ2v) is 4.55. The summed E-state index contributed by atoms with van der Waals surface area (Å²) in [5, 5.41) is 13.6. The molecule has 0 radical (unpaired) electrons. The topological polar surface area (TPSA) is 98.7 Å². The Hall–Kier alpha value is -2.64. The van der Waals surface area contributed by atoms with Crippen molar-refractivity contribution in [2.75, 3.05) is 19.4 Å². The van der Waals surface area contributed by atoms with Crippen molar-refractivity contribution in [3.8, 4) is 0 Å². The zero-order valence-corrected chi connectivity index (χ0v) is 11.8. The van der Waals surface area contributed by atoms with Crippen LogP contribution < -0.4 is 10.6 Å². The molecule has 1 aromatic rings. The van der Waals surface area contributed by atoms with E-state index in [-0.39, 0.29) is 17.2 Å². The Labute approximate surface area is 120 Å². The van der Waals surface area contributed by atoms with Crippen LogP contribution in [0.15, 0.2) is 18.2 Å². The van der Waals surface area contributed by atoms with Gasteiger partial charge in [-0.2, -0.15) is 0 Å². The Balaban J connectivity index is 2.80. The van der Waals surface area contributed by atoms with E-state index in [1.807, 2.05) is 0 Å². The number of carboxylic acids is 1. The maximum atomic E-state index is 13.0. The van der Waals surface area contributed by atoms with Crippen molar-refractivity contribution in [2.45, 2.75) is 13.0 Å². The van der Waals surface area contributed by atoms with Crippen molar-refractivity contribution in [2.24, 2.45) is 0 Å². The average Bonchev–Trinajstić information content (AvgIpc) is 2.39. The van der Waals surface area contributed by atoms with Gasteiger partial charge in [-0.1, -0.05) is 0 Å². The first-order valence-electron chi connectivity index (χ1n) is 6.04. The van der Waals surface area contributed by atoms with Gasteiger partial charge in [0.25, 0.3) is 0 Å². The van der Waals surface area contributed by atoms with Crippen molar-refractivity contribution in [1.82, 2.24) is 10.2 Å². The fraction of sp³-hybridized carbons (Fsp3) is 0.308. The molecule has 0 aliphatic rings. The molecular formula is C13H16FN3O4. The quantitative estimate of drug-likeness (QED) is 0.775. The van der Waals surface area contributed by atoms with Crippen molar-refractivity contribution in [3.63, 3.8) is 0 Å². The van der Waals surface area contributed by atoms with Crippen molar-refractivity contribution < 1.29 is 23.9 Å². The first kappa shape index (κ1) is 16.4. The normalized spacial score (nSPS) is 11.4. The Bertz CT molecular complexity index is 575. The van der Waals surface area contributed by atoms with Gasteiger partial charge in [0, 0.05) is 14.1 Å². The van der Waals surface area contributed by atoms with Crippen molar-refractivity contribution in [3.05, 3.63) is 29.6 Å². The van der Waals surface area contributed by atoms with E-state index in [9.17, 15) is 18.8 Å². The van der Waals surface area contributed by atoms with E-state index in [2.05, 4.69) is 10.6 Å². The molecular weight excluding hydrogens is 281 g/mol. The highest BCUT2D eigenvalue weighted by Gasteiger charge is 2.19. The van der Waals surface area contributed by atoms with Gasteiger partial charge in [0.05, 0.1) is 11.3 Å². The molecule has 1 rings (SSSR count). The van der Waals surface area contributed by atoms with Crippen LogP contribution in [0.5, 0.6) is 0 Å². The number of rotatable bonds is 4. The molecule has 114 valence electrons. The fourth-order valence-corrected chi connectivity index (χ4v) is 1.61. The predicted octanol–water partition coefficient (Wildman–Crippen LogP) is 1.12. The number of carboxylic acid groups (broad SMARTS) is 1. The van der Waals surface area contributed by atoms with Gasteiger partial charge in [-0.3, -0.25) is 4.79 Å². The summed E-state index contributed by atoms with van der Waals surface area (Å²) in [6.45, 7) is 1.49. The van der Waals surface area contributed by atoms with Crippen molar-refractivity contribution >= 4 is 23.6 Å². The summed E-state index contributed by atoms with van der Waals surface area (Å²) in [5.74, 6) is -2.42. The highest BCUT2D eigenvalue weighted by molar-refractivity contribution is 6.00. The number of likely N-dealkylation sites (N-methyl/N-ethyl adjacent to an activating group) is 1. The van der Waals surface area contributed by atoms with Crippen LogP contribution in [0.25, 0.3) is 0 Å². The smallest absolute Gasteiger partial charge is 0.337 e. The van der Waals surface area contributed by atoms with Crippen LogP contribution in [0.3, 0.4) is 0 Å². The van der Waals surface area contributed by atoms with Gasteiger partial charge in [0.2, 0.25) is 5.91 Å². The van der Waals surface area contributed by atoms with Gasteiger partial charge in [0.15, 0.2) is 0 Å². The van der Waals surface area contributed by atoms with Crippen molar-refractivity contribution in [1.29, 1.82) is 0 Å². The number of amides is 3. The number of carbonyl (C=O) groups excluding carboxylic acids is 2. The predicted molar refractivity (Wildman–Crippen MR) is 73.7 cm³/mol. The third kappa shape index (κ3) is 4.44. The standard InChI is InChI=1S/C13H16FN3O4/c1-7(11(18)17(2)3)15-13(21)16-10-5-4-8(14)6-9(10)12(19)20/h4-7H,1-3H3,(H,19,20)(H2,15,16,21). The molecule has 3 amide bonds. The van der Waals surface area contributed by atoms with E-state index in [0.717, 1.165) is 18.2 Å². The highest BCUT2D eigenvalue weighted by Crippen LogP contribution is 2.17. The average molecular weight is 297 g/mol. The fourth-order valence-electron chi connectivity index (χ4n) is 1.61. The largest absolute Gasteiger partial charge is 0.478 e. The van der Waals surface area contributed by atoms with Gasteiger partial charge < -0.3 is 20.6 Å². The molecule has 21 heavy (non-hydrogen) atoms. The summed E-state index contributed by atoms with van der Waals surface area (Å²) in [4.78, 5) is 35.6. The van der Waals surface area contributed by atoms with Crippen LogP contribution in [0, 0.1) is 5.82 Å². The minimum absolute atomic E-state index is 0.0640. The number of nitrogens with one attached hydrogen (secondary N) is 2. The van der Waals surface area contributed by atoms with Gasteiger partial charge in [-0.15, -0.1) is 0 Å². The molecule has 1 unspecified atom stereocenters. The number of hydrogen-bond donors (Lipinski definition) is 3. The summed E-state index contributed by atoms with van der Waals surface area (Å²) in [7, 11) is 3.09. The third-order valence-electron chi connectivity index (χ3n) is 2.62. The van der Waals surface area contributed by atoms with E-state index >= 15 is 0 Å². The minimum Gasteiger partial charge on any atom is -0.478 e. The monoisotopic (exact) mass is 297 g/mol. The summed E-state index contributed by atoms with van der Waals surface area (Å²) >= 11 is 0. The molecule has 7 nitrogen and oxygen atoms in total. The molecule has 0 aromatic heterocycles. The molecule has 0 aliphatic heterocycles. The number of aromatic carboxylic acids is 1. The molecule has 0 fully saturated rings. The van der Waals surface area contributed by atoms with Crippen LogP contribution in [0.2, 0.25) is 0 Å². The van der Waals surface area contributed by atoms with E-state index in [0.29, 0.717) is 0 Å². The van der Waals surface area contributed by atoms with Crippen LogP contribution >= 0.6 is 0 Å². The second-order valence-electron chi connectivity index (χ2n) is 4.55. The second kappa shape index (κ2) is 6.69. The summed E-state index contributed by atoms with van der Waals surface area (Å²) in [6.07, 6.45) is 0. The molecule has 0 spiro atoms. The maximum Gasteiger partial charge on any atom is 0.337 e. The van der Waals surface area contributed by atoms with Crippen LogP contribution in [0.4, 0.5) is 14.9 Å². The molecule has 1 aromatic carbocycles. The molecule has 0 saturated carbocycles. The number of nitrogens with zero attached hydrogens (tertiary/aromatic N) is 1. The molecule has 3 N–H and O–H groups in total. The lowest BCUT2D eigenvalue weighted by atomic mass is 10.1. The molecule has 0 heterocycles. The van der Waals surface area contributed by atoms with Gasteiger partial charge in [-0.05, 0) is 25.1 Å². The van der Waals surface area contributed by atoms with E-state index < -0.39 is 23.9 Å². The van der Waals surface area contributed by atoms with E-state index in [1.54, 1.807) is 14.1 Å². The van der Waals surface area contributed by atoms with Crippen LogP contribution in [-0.2, 0) is 4.79 Å². The first-order chi connectivity index (χ1) is 9.72. The lowest BCUT2D eigenvalue weighted by Gasteiger charge is -2.18. The van der Waals surface area contributed by atoms with Crippen LogP contribution in [-0.4, -0.2) is 48.1 Å². The lowest BCUT2D eigenvalue weighted by molar-refractivity contribution is -0.130. The Morgan fingerprint density at radius 1 is 1.29 bits per heavy atom. The Morgan fingerprint density at radius 3 is 2.43 bits per heavy atom. The van der Waals surface area contributed by atoms with Crippen LogP contribution in [0.1, 0.15) is 17.3 Å². The SMILES string of the molecule is CC(NC(=O)Nc1ccc(F)cc1C(=O)O)C(=O)N(C)C. The van der Waals surface area contributed by atoms with Gasteiger partial charge >= 0.3 is 12.0 Å². The Kier molecular flexibility index (Phi) is 5.23. The summed E-state index contributed by atoms with van der Waals surface area (Å²) in [6, 6.07) is 1.42. The number of hydrogen-bond acceptors (Lipinski definition) is 3. The summed E-state index contributed by atoms with van der Waals surface area (Å²) < 4.78 is 13.0. The maximum absolute atomic E-state index is 13.0. The van der Waals surface area contributed by atoms with E-state index in [4.69, 9.17) is 5.11 Å². The number of urea groups is 1. The minimum atomic E-state index is -1.37. The van der Waals surface area contributed by atoms with Gasteiger partial charge in [-0.25, -0.2) is 14.0 Å². The van der Waals surface area contributed by atoms with Gasteiger partial charge in [0.1, 0.15) is 11.9 Å². The lowest BCUT2D eigenvalue weighted by Crippen LogP contribution is -2.45. The number of benzene rings is 1. The number of carbonyl (C=O) groups is 3. The number of halogens is 1. The molecule has 0 aliphatic carbocycles. The number of anilines is 1.